The van der Waals surface area contributed by atoms with Crippen molar-refractivity contribution in [3.05, 3.63) is 81.0 Å². The molecular formula is C21H22ClFN4O. The van der Waals surface area contributed by atoms with E-state index in [0.717, 1.165) is 36.9 Å². The van der Waals surface area contributed by atoms with Gasteiger partial charge in [-0.1, -0.05) is 17.7 Å². The lowest BCUT2D eigenvalue weighted by Crippen LogP contribution is -2.46. The highest BCUT2D eigenvalue weighted by Gasteiger charge is 2.19. The van der Waals surface area contributed by atoms with Gasteiger partial charge >= 0.3 is 0 Å². The Bertz CT molecular complexity index is 1020. The monoisotopic (exact) mass is 400 g/mol. The maximum atomic E-state index is 13.1. The fourth-order valence-corrected chi connectivity index (χ4v) is 3.78. The molecule has 0 aliphatic carbocycles. The van der Waals surface area contributed by atoms with Gasteiger partial charge in [-0.25, -0.2) is 9.07 Å². The summed E-state index contributed by atoms with van der Waals surface area (Å²) in [6.07, 6.45) is 0. The molecule has 3 aromatic rings. The number of piperazine rings is 1. The molecule has 0 bridgehead atoms. The summed E-state index contributed by atoms with van der Waals surface area (Å²) in [5.74, 6) is -0.323. The number of aromatic amines is 1. The molecule has 1 aromatic heterocycles. The smallest absolute Gasteiger partial charge is 0.271 e. The van der Waals surface area contributed by atoms with Crippen LogP contribution in [0.1, 0.15) is 11.3 Å². The zero-order valence-electron chi connectivity index (χ0n) is 15.7. The Hall–Kier alpha value is -2.57. The molecule has 28 heavy (non-hydrogen) atoms. The summed E-state index contributed by atoms with van der Waals surface area (Å²) in [5.41, 5.74) is 3.73. The van der Waals surface area contributed by atoms with Crippen molar-refractivity contribution in [1.29, 1.82) is 0 Å². The zero-order valence-corrected chi connectivity index (χ0v) is 16.4. The Morgan fingerprint density at radius 2 is 1.75 bits per heavy atom. The molecule has 5 nitrogen and oxygen atoms in total. The Kier molecular flexibility index (Phi) is 5.24. The predicted molar refractivity (Wildman–Crippen MR) is 110 cm³/mol. The van der Waals surface area contributed by atoms with Crippen molar-refractivity contribution in [2.24, 2.45) is 0 Å². The first-order valence-electron chi connectivity index (χ1n) is 9.30. The van der Waals surface area contributed by atoms with Crippen molar-refractivity contribution < 1.29 is 4.39 Å². The number of aryl methyl sites for hydroxylation is 1. The van der Waals surface area contributed by atoms with Gasteiger partial charge in [-0.2, -0.15) is 0 Å². The van der Waals surface area contributed by atoms with Crippen molar-refractivity contribution >= 4 is 17.3 Å². The van der Waals surface area contributed by atoms with Gasteiger partial charge in [0, 0.05) is 49.5 Å². The molecule has 4 rings (SSSR count). The van der Waals surface area contributed by atoms with Crippen LogP contribution in [0.3, 0.4) is 0 Å². The molecule has 1 fully saturated rings. The van der Waals surface area contributed by atoms with Crippen molar-refractivity contribution in [2.75, 3.05) is 31.1 Å². The Balaban J connectivity index is 1.41. The highest BCUT2D eigenvalue weighted by Crippen LogP contribution is 2.25. The minimum absolute atomic E-state index is 0.144. The van der Waals surface area contributed by atoms with E-state index in [-0.39, 0.29) is 11.4 Å². The fraction of sp³-hybridized carbons (Fsp3) is 0.286. The van der Waals surface area contributed by atoms with Crippen molar-refractivity contribution in [3.8, 4) is 5.69 Å². The van der Waals surface area contributed by atoms with Crippen LogP contribution in [-0.2, 0) is 6.54 Å². The average molecular weight is 401 g/mol. The lowest BCUT2D eigenvalue weighted by atomic mass is 10.1. The molecule has 2 heterocycles. The summed E-state index contributed by atoms with van der Waals surface area (Å²) in [6, 6.07) is 13.5. The first-order chi connectivity index (χ1) is 13.5. The maximum Gasteiger partial charge on any atom is 0.271 e. The van der Waals surface area contributed by atoms with E-state index < -0.39 is 0 Å². The minimum atomic E-state index is -0.323. The molecule has 0 amide bonds. The van der Waals surface area contributed by atoms with E-state index >= 15 is 0 Å². The van der Waals surface area contributed by atoms with Crippen LogP contribution in [0.15, 0.2) is 53.3 Å². The van der Waals surface area contributed by atoms with E-state index in [4.69, 9.17) is 11.6 Å². The second kappa shape index (κ2) is 7.81. The van der Waals surface area contributed by atoms with Gasteiger partial charge in [-0.3, -0.25) is 14.8 Å². The third-order valence-corrected chi connectivity index (χ3v) is 5.37. The number of benzene rings is 2. The van der Waals surface area contributed by atoms with Crippen LogP contribution in [0.25, 0.3) is 5.69 Å². The number of hydrogen-bond donors (Lipinski definition) is 1. The average Bonchev–Trinajstić information content (AvgIpc) is 3.05. The number of nitrogens with one attached hydrogen (secondary N) is 1. The summed E-state index contributed by atoms with van der Waals surface area (Å²) < 4.78 is 14.5. The molecule has 1 aliphatic rings. The molecule has 1 aliphatic heterocycles. The SMILES string of the molecule is Cc1ccc(Cl)cc1N1CCN(Cc2cc(=O)n(-c3ccc(F)cc3)[nH]2)CC1. The molecule has 2 aromatic carbocycles. The number of rotatable bonds is 4. The lowest BCUT2D eigenvalue weighted by molar-refractivity contribution is 0.246. The summed E-state index contributed by atoms with van der Waals surface area (Å²) in [4.78, 5) is 16.9. The second-order valence-electron chi connectivity index (χ2n) is 7.13. The normalized spacial score (nSPS) is 15.2. The van der Waals surface area contributed by atoms with E-state index in [2.05, 4.69) is 21.8 Å². The second-order valence-corrected chi connectivity index (χ2v) is 7.56. The van der Waals surface area contributed by atoms with Crippen LogP contribution in [0.4, 0.5) is 10.1 Å². The number of aromatic nitrogens is 2. The van der Waals surface area contributed by atoms with Gasteiger partial charge in [0.25, 0.3) is 5.56 Å². The Morgan fingerprint density at radius 1 is 1.04 bits per heavy atom. The van der Waals surface area contributed by atoms with E-state index in [1.807, 2.05) is 18.2 Å². The number of hydrogen-bond acceptors (Lipinski definition) is 3. The van der Waals surface area contributed by atoms with Crippen LogP contribution in [-0.4, -0.2) is 40.9 Å². The van der Waals surface area contributed by atoms with Crippen molar-refractivity contribution in [3.63, 3.8) is 0 Å². The number of anilines is 1. The summed E-state index contributed by atoms with van der Waals surface area (Å²) in [5, 5.41) is 3.89. The lowest BCUT2D eigenvalue weighted by Gasteiger charge is -2.36. The zero-order chi connectivity index (χ0) is 19.7. The molecule has 1 N–H and O–H groups in total. The third-order valence-electron chi connectivity index (χ3n) is 5.14. The van der Waals surface area contributed by atoms with E-state index in [0.29, 0.717) is 12.2 Å². The number of nitrogens with zero attached hydrogens (tertiary/aromatic N) is 3. The molecule has 0 unspecified atom stereocenters. The topological polar surface area (TPSA) is 44.3 Å². The van der Waals surface area contributed by atoms with Crippen LogP contribution < -0.4 is 10.5 Å². The van der Waals surface area contributed by atoms with E-state index in [9.17, 15) is 9.18 Å². The van der Waals surface area contributed by atoms with Crippen LogP contribution in [0, 0.1) is 12.7 Å². The fourth-order valence-electron chi connectivity index (χ4n) is 3.62. The summed E-state index contributed by atoms with van der Waals surface area (Å²) in [7, 11) is 0. The molecular weight excluding hydrogens is 379 g/mol. The van der Waals surface area contributed by atoms with Crippen LogP contribution in [0.2, 0.25) is 5.02 Å². The van der Waals surface area contributed by atoms with Gasteiger partial charge in [0.15, 0.2) is 0 Å². The highest BCUT2D eigenvalue weighted by atomic mass is 35.5. The molecule has 146 valence electrons. The largest absolute Gasteiger partial charge is 0.369 e. The predicted octanol–water partition coefficient (Wildman–Crippen LogP) is 3.59. The molecule has 0 atom stereocenters. The van der Waals surface area contributed by atoms with Gasteiger partial charge in [0.1, 0.15) is 5.82 Å². The standard InChI is InChI=1S/C21H22ClFN4O/c1-15-2-3-16(22)12-20(15)26-10-8-25(9-11-26)14-18-13-21(28)27(24-18)19-6-4-17(23)5-7-19/h2-7,12-13,24H,8-11,14H2,1H3. The van der Waals surface area contributed by atoms with Crippen molar-refractivity contribution in [2.45, 2.75) is 13.5 Å². The quantitative estimate of drug-likeness (QED) is 0.728. The highest BCUT2D eigenvalue weighted by molar-refractivity contribution is 6.30. The van der Waals surface area contributed by atoms with Gasteiger partial charge in [-0.15, -0.1) is 0 Å². The Morgan fingerprint density at radius 3 is 2.46 bits per heavy atom. The van der Waals surface area contributed by atoms with E-state index in [1.165, 1.54) is 28.1 Å². The molecule has 1 saturated heterocycles. The minimum Gasteiger partial charge on any atom is -0.369 e. The molecule has 7 heteroatoms. The summed E-state index contributed by atoms with van der Waals surface area (Å²) >= 11 is 6.15. The van der Waals surface area contributed by atoms with Gasteiger partial charge < -0.3 is 4.90 Å². The van der Waals surface area contributed by atoms with Gasteiger partial charge in [0.05, 0.1) is 11.4 Å². The number of H-pyrrole nitrogens is 1. The molecule has 0 radical (unpaired) electrons. The third kappa shape index (κ3) is 3.98. The number of halogens is 2. The van der Waals surface area contributed by atoms with Crippen LogP contribution in [0.5, 0.6) is 0 Å². The Labute approximate surface area is 167 Å². The first-order valence-corrected chi connectivity index (χ1v) is 9.68. The maximum absolute atomic E-state index is 13.1. The molecule has 0 saturated carbocycles. The van der Waals surface area contributed by atoms with E-state index in [1.54, 1.807) is 18.2 Å². The first kappa shape index (κ1) is 18.8. The van der Waals surface area contributed by atoms with Crippen LogP contribution >= 0.6 is 11.6 Å². The van der Waals surface area contributed by atoms with Gasteiger partial charge in [-0.05, 0) is 48.9 Å². The van der Waals surface area contributed by atoms with Gasteiger partial charge in [0.2, 0.25) is 0 Å². The summed E-state index contributed by atoms with van der Waals surface area (Å²) in [6.45, 7) is 6.38. The van der Waals surface area contributed by atoms with Crippen molar-refractivity contribution in [1.82, 2.24) is 14.7 Å². The molecule has 0 spiro atoms.